The van der Waals surface area contributed by atoms with Gasteiger partial charge in [-0.1, -0.05) is 36.1 Å². The van der Waals surface area contributed by atoms with Crippen molar-refractivity contribution < 1.29 is 13.9 Å². The number of aromatic nitrogens is 4. The van der Waals surface area contributed by atoms with Crippen molar-refractivity contribution in [3.8, 4) is 16.9 Å². The molecule has 8 nitrogen and oxygen atoms in total. The number of amides is 1. The lowest BCUT2D eigenvalue weighted by Crippen LogP contribution is -2.34. The van der Waals surface area contributed by atoms with E-state index in [9.17, 15) is 4.79 Å². The third-order valence-electron chi connectivity index (χ3n) is 6.34. The summed E-state index contributed by atoms with van der Waals surface area (Å²) in [4.78, 5) is 19.3. The molecule has 0 saturated carbocycles. The highest BCUT2D eigenvalue weighted by atomic mass is 19.1. The number of benzene rings is 2. The molecule has 5 rings (SSSR count). The van der Waals surface area contributed by atoms with Crippen LogP contribution < -0.4 is 5.32 Å². The maximum Gasteiger partial charge on any atom is 0.414 e. The van der Waals surface area contributed by atoms with Crippen LogP contribution in [0.15, 0.2) is 78.8 Å². The number of rotatable bonds is 5. The zero-order valence-electron chi connectivity index (χ0n) is 22.5. The maximum atomic E-state index is 15.8. The van der Waals surface area contributed by atoms with Crippen molar-refractivity contribution in [3.05, 3.63) is 95.8 Å². The topological polar surface area (TPSA) is 85.2 Å². The minimum Gasteiger partial charge on any atom is -0.443 e. The van der Waals surface area contributed by atoms with Crippen molar-refractivity contribution in [2.75, 3.05) is 0 Å². The molecular weight excluding hydrogens is 495 g/mol. The standard InChI is InChI=1S/C30H31FN6O2/c1-19-13-15-22(32-19)18-36(29(38)39-30(3,4)5)17-21-14-16-24(33-20(21)2)23-9-8-12-27(28(23)31)37-26-11-7-6-10-25(26)34-35-37/h6-12,14,16,18,32H,1,13,15,17H2,2-5H3/b22-18+. The number of aryl methyl sites for hydroxylation is 1. The molecule has 0 bridgehead atoms. The molecule has 2 aromatic heterocycles. The molecule has 1 aliphatic heterocycles. The molecule has 0 spiro atoms. The van der Waals surface area contributed by atoms with Gasteiger partial charge in [-0.2, -0.15) is 0 Å². The minimum atomic E-state index is -0.643. The van der Waals surface area contributed by atoms with Gasteiger partial charge in [0, 0.05) is 28.9 Å². The van der Waals surface area contributed by atoms with Crippen molar-refractivity contribution in [1.29, 1.82) is 0 Å². The Morgan fingerprint density at radius 1 is 1.15 bits per heavy atom. The van der Waals surface area contributed by atoms with Gasteiger partial charge >= 0.3 is 6.09 Å². The molecule has 0 unspecified atom stereocenters. The van der Waals surface area contributed by atoms with Gasteiger partial charge in [0.25, 0.3) is 0 Å². The Bertz CT molecular complexity index is 1600. The van der Waals surface area contributed by atoms with Crippen LogP contribution in [0.3, 0.4) is 0 Å². The fourth-order valence-corrected chi connectivity index (χ4v) is 4.42. The summed E-state index contributed by atoms with van der Waals surface area (Å²) >= 11 is 0. The van der Waals surface area contributed by atoms with Crippen LogP contribution in [-0.4, -0.2) is 36.6 Å². The fourth-order valence-electron chi connectivity index (χ4n) is 4.42. The number of carbonyl (C=O) groups excluding carboxylic acids is 1. The van der Waals surface area contributed by atoms with Crippen molar-refractivity contribution in [1.82, 2.24) is 30.2 Å². The fraction of sp³-hybridized carbons (Fsp3) is 0.267. The number of carbonyl (C=O) groups is 1. The predicted octanol–water partition coefficient (Wildman–Crippen LogP) is 6.41. The van der Waals surface area contributed by atoms with Gasteiger partial charge in [-0.15, -0.1) is 5.10 Å². The van der Waals surface area contributed by atoms with E-state index in [2.05, 4.69) is 22.2 Å². The van der Waals surface area contributed by atoms with Gasteiger partial charge in [-0.05, 0) is 76.4 Å². The molecule has 9 heteroatoms. The molecule has 2 aromatic carbocycles. The average Bonchev–Trinajstić information content (AvgIpc) is 3.50. The number of hydrogen-bond donors (Lipinski definition) is 1. The first-order valence-electron chi connectivity index (χ1n) is 12.8. The second-order valence-corrected chi connectivity index (χ2v) is 10.6. The van der Waals surface area contributed by atoms with Crippen LogP contribution in [0.25, 0.3) is 28.0 Å². The molecule has 0 atom stereocenters. The Labute approximate surface area is 226 Å². The van der Waals surface area contributed by atoms with E-state index in [4.69, 9.17) is 9.72 Å². The van der Waals surface area contributed by atoms with Crippen LogP contribution in [0.5, 0.6) is 0 Å². The lowest BCUT2D eigenvalue weighted by atomic mass is 10.1. The maximum absolute atomic E-state index is 15.8. The van der Waals surface area contributed by atoms with Gasteiger partial charge in [0.2, 0.25) is 0 Å². The van der Waals surface area contributed by atoms with E-state index in [-0.39, 0.29) is 12.2 Å². The first kappa shape index (κ1) is 26.1. The molecule has 3 heterocycles. The number of fused-ring (bicyclic) bond motifs is 1. The largest absolute Gasteiger partial charge is 0.443 e. The summed E-state index contributed by atoms with van der Waals surface area (Å²) in [5.41, 5.74) is 5.18. The van der Waals surface area contributed by atoms with Gasteiger partial charge in [-0.25, -0.2) is 13.9 Å². The Morgan fingerprint density at radius 2 is 1.95 bits per heavy atom. The Morgan fingerprint density at radius 3 is 2.67 bits per heavy atom. The minimum absolute atomic E-state index is 0.249. The molecule has 1 aliphatic rings. The molecule has 39 heavy (non-hydrogen) atoms. The number of hydrogen-bond acceptors (Lipinski definition) is 6. The van der Waals surface area contributed by atoms with Gasteiger partial charge < -0.3 is 10.1 Å². The number of nitrogens with zero attached hydrogens (tertiary/aromatic N) is 5. The highest BCUT2D eigenvalue weighted by Gasteiger charge is 2.24. The number of allylic oxidation sites excluding steroid dienone is 2. The Kier molecular flexibility index (Phi) is 6.91. The Balaban J connectivity index is 1.45. The normalized spacial score (nSPS) is 14.6. The lowest BCUT2D eigenvalue weighted by Gasteiger charge is -2.26. The van der Waals surface area contributed by atoms with E-state index in [0.29, 0.717) is 28.0 Å². The highest BCUT2D eigenvalue weighted by Crippen LogP contribution is 2.28. The van der Waals surface area contributed by atoms with Crippen LogP contribution in [-0.2, 0) is 11.3 Å². The molecule has 4 aromatic rings. The molecule has 1 amide bonds. The quantitative estimate of drug-likeness (QED) is 0.324. The second-order valence-electron chi connectivity index (χ2n) is 10.6. The van der Waals surface area contributed by atoms with E-state index >= 15 is 4.39 Å². The van der Waals surface area contributed by atoms with Crippen molar-refractivity contribution in [2.45, 2.75) is 52.7 Å². The van der Waals surface area contributed by atoms with E-state index in [1.54, 1.807) is 30.5 Å². The first-order chi connectivity index (χ1) is 18.6. The van der Waals surface area contributed by atoms with Gasteiger partial charge in [0.1, 0.15) is 16.8 Å². The second kappa shape index (κ2) is 10.3. The third kappa shape index (κ3) is 5.67. The van der Waals surface area contributed by atoms with E-state index < -0.39 is 17.5 Å². The molecule has 1 N–H and O–H groups in total. The van der Waals surface area contributed by atoms with E-state index in [1.807, 2.05) is 58.0 Å². The highest BCUT2D eigenvalue weighted by molar-refractivity contribution is 5.77. The number of halogens is 1. The van der Waals surface area contributed by atoms with E-state index in [1.165, 1.54) is 9.58 Å². The van der Waals surface area contributed by atoms with Crippen LogP contribution in [0.2, 0.25) is 0 Å². The molecule has 1 saturated heterocycles. The van der Waals surface area contributed by atoms with Gasteiger partial charge in [0.15, 0.2) is 5.82 Å². The van der Waals surface area contributed by atoms with Crippen molar-refractivity contribution in [3.63, 3.8) is 0 Å². The van der Waals surface area contributed by atoms with Crippen LogP contribution in [0.1, 0.15) is 44.9 Å². The molecule has 200 valence electrons. The van der Waals surface area contributed by atoms with Crippen molar-refractivity contribution in [2.24, 2.45) is 0 Å². The third-order valence-corrected chi connectivity index (χ3v) is 6.34. The summed E-state index contributed by atoms with van der Waals surface area (Å²) in [6, 6.07) is 16.2. The summed E-state index contributed by atoms with van der Waals surface area (Å²) in [6.07, 6.45) is 2.89. The average molecular weight is 527 g/mol. The summed E-state index contributed by atoms with van der Waals surface area (Å²) in [5.74, 6) is -0.444. The smallest absolute Gasteiger partial charge is 0.414 e. The summed E-state index contributed by atoms with van der Waals surface area (Å²) in [6.45, 7) is 11.6. The lowest BCUT2D eigenvalue weighted by molar-refractivity contribution is 0.0320. The zero-order valence-corrected chi connectivity index (χ0v) is 22.5. The summed E-state index contributed by atoms with van der Waals surface area (Å²) in [7, 11) is 0. The summed E-state index contributed by atoms with van der Waals surface area (Å²) in [5, 5.41) is 11.5. The van der Waals surface area contributed by atoms with E-state index in [0.717, 1.165) is 29.8 Å². The Hall–Kier alpha value is -4.53. The summed E-state index contributed by atoms with van der Waals surface area (Å²) < 4.78 is 22.9. The predicted molar refractivity (Wildman–Crippen MR) is 148 cm³/mol. The zero-order chi connectivity index (χ0) is 27.7. The monoisotopic (exact) mass is 526 g/mol. The van der Waals surface area contributed by atoms with Crippen molar-refractivity contribution >= 4 is 17.1 Å². The molecule has 0 radical (unpaired) electrons. The molecule has 0 aliphatic carbocycles. The van der Waals surface area contributed by atoms with Crippen LogP contribution >= 0.6 is 0 Å². The number of ether oxygens (including phenoxy) is 1. The molecule has 1 fully saturated rings. The number of pyridine rings is 1. The first-order valence-corrected chi connectivity index (χ1v) is 12.8. The van der Waals surface area contributed by atoms with Gasteiger partial charge in [-0.3, -0.25) is 9.88 Å². The number of para-hydroxylation sites is 1. The van der Waals surface area contributed by atoms with Crippen LogP contribution in [0, 0.1) is 12.7 Å². The van der Waals surface area contributed by atoms with Crippen LogP contribution in [0.4, 0.5) is 9.18 Å². The SMILES string of the molecule is C=C1CC/C(=C\N(Cc2ccc(-c3cccc(-n4nnc5ccccc54)c3F)nc2C)C(=O)OC(C)(C)C)N1. The number of nitrogens with one attached hydrogen (secondary N) is 1. The molecular formula is C30H31FN6O2. The van der Waals surface area contributed by atoms with Gasteiger partial charge in [0.05, 0.1) is 17.8 Å².